The smallest absolute Gasteiger partial charge is 0.262 e. The normalized spacial score (nSPS) is 13.8. The van der Waals surface area contributed by atoms with Crippen molar-refractivity contribution in [2.75, 3.05) is 13.1 Å². The highest BCUT2D eigenvalue weighted by Gasteiger charge is 2.21. The standard InChI is InChI=1S/C25H28ClN3O2S/c1-2-3-4-14-29-24(31)21-11-10-19(23(30)28-12-5-6-13-28)16-22(21)27-25(29)32-17-18-8-7-9-20(26)15-18/h7-11,15-16H,2-6,12-14,17H2,1H3. The fourth-order valence-electron chi connectivity index (χ4n) is 4.04. The predicted octanol–water partition coefficient (Wildman–Crippen LogP) is 5.77. The molecule has 0 bridgehead atoms. The molecule has 0 radical (unpaired) electrons. The van der Waals surface area contributed by atoms with Gasteiger partial charge in [-0.1, -0.05) is 55.3 Å². The van der Waals surface area contributed by atoms with Gasteiger partial charge in [-0.25, -0.2) is 4.98 Å². The van der Waals surface area contributed by atoms with Gasteiger partial charge in [0.2, 0.25) is 0 Å². The molecule has 0 atom stereocenters. The third-order valence-electron chi connectivity index (χ3n) is 5.80. The second-order valence-electron chi connectivity index (χ2n) is 8.21. The van der Waals surface area contributed by atoms with Crippen molar-refractivity contribution >= 4 is 40.2 Å². The van der Waals surface area contributed by atoms with Gasteiger partial charge in [0.25, 0.3) is 11.5 Å². The van der Waals surface area contributed by atoms with Gasteiger partial charge in [-0.2, -0.15) is 0 Å². The van der Waals surface area contributed by atoms with Crippen molar-refractivity contribution in [3.63, 3.8) is 0 Å². The number of hydrogen-bond donors (Lipinski definition) is 0. The van der Waals surface area contributed by atoms with Crippen molar-refractivity contribution in [1.82, 2.24) is 14.5 Å². The Labute approximate surface area is 197 Å². The lowest BCUT2D eigenvalue weighted by Crippen LogP contribution is -2.28. The molecular formula is C25H28ClN3O2S. The number of fused-ring (bicyclic) bond motifs is 1. The van der Waals surface area contributed by atoms with Gasteiger partial charge >= 0.3 is 0 Å². The molecule has 3 aromatic rings. The number of nitrogens with zero attached hydrogens (tertiary/aromatic N) is 3. The first-order valence-electron chi connectivity index (χ1n) is 11.3. The van der Waals surface area contributed by atoms with Crippen LogP contribution in [0.25, 0.3) is 10.9 Å². The van der Waals surface area contributed by atoms with Gasteiger partial charge in [0.15, 0.2) is 5.16 Å². The van der Waals surface area contributed by atoms with Gasteiger partial charge in [0, 0.05) is 36.0 Å². The Morgan fingerprint density at radius 2 is 1.94 bits per heavy atom. The van der Waals surface area contributed by atoms with E-state index < -0.39 is 0 Å². The van der Waals surface area contributed by atoms with Crippen LogP contribution < -0.4 is 5.56 Å². The van der Waals surface area contributed by atoms with E-state index in [0.29, 0.717) is 38.9 Å². The molecule has 0 aliphatic carbocycles. The van der Waals surface area contributed by atoms with Crippen molar-refractivity contribution in [3.8, 4) is 0 Å². The Hall–Kier alpha value is -2.31. The van der Waals surface area contributed by atoms with Crippen LogP contribution in [-0.4, -0.2) is 33.4 Å². The maximum atomic E-state index is 13.3. The minimum absolute atomic E-state index is 0.0199. The molecule has 5 nitrogen and oxygen atoms in total. The van der Waals surface area contributed by atoms with E-state index in [1.54, 1.807) is 22.8 Å². The fourth-order valence-corrected chi connectivity index (χ4v) is 5.22. The Kier molecular flexibility index (Phi) is 7.53. The summed E-state index contributed by atoms with van der Waals surface area (Å²) >= 11 is 7.66. The number of carbonyl (C=O) groups excluding carboxylic acids is 1. The van der Waals surface area contributed by atoms with Crippen molar-refractivity contribution < 1.29 is 4.79 Å². The predicted molar refractivity (Wildman–Crippen MR) is 132 cm³/mol. The number of carbonyl (C=O) groups is 1. The third kappa shape index (κ3) is 5.18. The van der Waals surface area contributed by atoms with Crippen LogP contribution in [0.1, 0.15) is 54.9 Å². The number of amides is 1. The molecule has 1 aromatic heterocycles. The highest BCUT2D eigenvalue weighted by Crippen LogP contribution is 2.25. The van der Waals surface area contributed by atoms with Crippen molar-refractivity contribution in [3.05, 3.63) is 69.0 Å². The van der Waals surface area contributed by atoms with Crippen molar-refractivity contribution in [2.45, 2.75) is 56.5 Å². The van der Waals surface area contributed by atoms with Crippen LogP contribution in [0, 0.1) is 0 Å². The number of benzene rings is 2. The van der Waals surface area contributed by atoms with E-state index in [9.17, 15) is 9.59 Å². The monoisotopic (exact) mass is 469 g/mol. The maximum Gasteiger partial charge on any atom is 0.262 e. The summed E-state index contributed by atoms with van der Waals surface area (Å²) in [5.41, 5.74) is 2.22. The Morgan fingerprint density at radius 1 is 1.12 bits per heavy atom. The molecule has 1 saturated heterocycles. The molecule has 1 fully saturated rings. The van der Waals surface area contributed by atoms with Gasteiger partial charge < -0.3 is 4.90 Å². The van der Waals surface area contributed by atoms with Gasteiger partial charge in [0.1, 0.15) is 0 Å². The largest absolute Gasteiger partial charge is 0.339 e. The summed E-state index contributed by atoms with van der Waals surface area (Å²) in [6.45, 7) is 4.38. The van der Waals surface area contributed by atoms with Gasteiger partial charge in [-0.3, -0.25) is 14.2 Å². The first kappa shape index (κ1) is 22.9. The van der Waals surface area contributed by atoms with Crippen LogP contribution >= 0.6 is 23.4 Å². The molecule has 1 aliphatic heterocycles. The molecule has 1 amide bonds. The molecule has 4 rings (SSSR count). The molecule has 7 heteroatoms. The Bertz CT molecular complexity index is 1170. The summed E-state index contributed by atoms with van der Waals surface area (Å²) in [5, 5.41) is 1.94. The molecule has 1 aliphatic rings. The van der Waals surface area contributed by atoms with Crippen molar-refractivity contribution in [2.24, 2.45) is 0 Å². The molecule has 0 saturated carbocycles. The van der Waals surface area contributed by atoms with E-state index >= 15 is 0 Å². The maximum absolute atomic E-state index is 13.3. The fraction of sp³-hybridized carbons (Fsp3) is 0.400. The first-order valence-corrected chi connectivity index (χ1v) is 12.6. The summed E-state index contributed by atoms with van der Waals surface area (Å²) in [6.07, 6.45) is 5.17. The topological polar surface area (TPSA) is 55.2 Å². The average molecular weight is 470 g/mol. The number of rotatable bonds is 8. The lowest BCUT2D eigenvalue weighted by molar-refractivity contribution is 0.0793. The molecule has 168 valence electrons. The minimum atomic E-state index is -0.0418. The number of unbranched alkanes of at least 4 members (excludes halogenated alkanes) is 2. The molecule has 0 unspecified atom stereocenters. The van der Waals surface area contributed by atoms with E-state index in [0.717, 1.165) is 50.8 Å². The van der Waals surface area contributed by atoms with Crippen LogP contribution in [0.4, 0.5) is 0 Å². The van der Waals surface area contributed by atoms with Gasteiger partial charge in [-0.15, -0.1) is 0 Å². The minimum Gasteiger partial charge on any atom is -0.339 e. The number of aromatic nitrogens is 2. The SMILES string of the molecule is CCCCCn1c(SCc2cccc(Cl)c2)nc2cc(C(=O)N3CCCC3)ccc2c1=O. The van der Waals surface area contributed by atoms with E-state index in [1.807, 2.05) is 29.2 Å². The van der Waals surface area contributed by atoms with Crippen LogP contribution in [-0.2, 0) is 12.3 Å². The average Bonchev–Trinajstić information content (AvgIpc) is 3.33. The zero-order valence-electron chi connectivity index (χ0n) is 18.3. The van der Waals surface area contributed by atoms with Gasteiger partial charge in [-0.05, 0) is 55.2 Å². The molecule has 0 spiro atoms. The molecule has 0 N–H and O–H groups in total. The van der Waals surface area contributed by atoms with E-state index in [4.69, 9.17) is 16.6 Å². The zero-order chi connectivity index (χ0) is 22.5. The number of hydrogen-bond acceptors (Lipinski definition) is 4. The van der Waals surface area contributed by atoms with E-state index in [2.05, 4.69) is 6.92 Å². The van der Waals surface area contributed by atoms with Crippen LogP contribution in [0.2, 0.25) is 5.02 Å². The van der Waals surface area contributed by atoms with Crippen LogP contribution in [0.5, 0.6) is 0 Å². The zero-order valence-corrected chi connectivity index (χ0v) is 19.9. The third-order valence-corrected chi connectivity index (χ3v) is 7.09. The summed E-state index contributed by atoms with van der Waals surface area (Å²) in [6, 6.07) is 13.0. The second kappa shape index (κ2) is 10.5. The lowest BCUT2D eigenvalue weighted by atomic mass is 10.1. The van der Waals surface area contributed by atoms with E-state index in [1.165, 1.54) is 11.8 Å². The van der Waals surface area contributed by atoms with Gasteiger partial charge in [0.05, 0.1) is 10.9 Å². The van der Waals surface area contributed by atoms with Crippen LogP contribution in [0.3, 0.4) is 0 Å². The molecular weight excluding hydrogens is 442 g/mol. The van der Waals surface area contributed by atoms with Crippen molar-refractivity contribution in [1.29, 1.82) is 0 Å². The Balaban J connectivity index is 1.69. The molecule has 2 aromatic carbocycles. The highest BCUT2D eigenvalue weighted by molar-refractivity contribution is 7.98. The molecule has 32 heavy (non-hydrogen) atoms. The second-order valence-corrected chi connectivity index (χ2v) is 9.59. The van der Waals surface area contributed by atoms with E-state index in [-0.39, 0.29) is 11.5 Å². The quantitative estimate of drug-likeness (QED) is 0.239. The molecule has 2 heterocycles. The number of halogens is 1. The van der Waals surface area contributed by atoms with Crippen LogP contribution in [0.15, 0.2) is 52.4 Å². The number of thioether (sulfide) groups is 1. The lowest BCUT2D eigenvalue weighted by Gasteiger charge is -2.16. The summed E-state index contributed by atoms with van der Waals surface area (Å²) in [7, 11) is 0. The number of likely N-dealkylation sites (tertiary alicyclic amines) is 1. The Morgan fingerprint density at radius 3 is 2.69 bits per heavy atom. The highest BCUT2D eigenvalue weighted by atomic mass is 35.5. The first-order chi connectivity index (χ1) is 15.6. The summed E-state index contributed by atoms with van der Waals surface area (Å²) < 4.78 is 1.79. The summed E-state index contributed by atoms with van der Waals surface area (Å²) in [5.74, 6) is 0.685. The summed E-state index contributed by atoms with van der Waals surface area (Å²) in [4.78, 5) is 32.9.